The number of benzene rings is 1. The van der Waals surface area contributed by atoms with E-state index in [2.05, 4.69) is 33.1 Å². The van der Waals surface area contributed by atoms with Crippen LogP contribution >= 0.6 is 0 Å². The molecule has 0 atom stereocenters. The normalized spacial score (nSPS) is 19.4. The third-order valence-corrected chi connectivity index (χ3v) is 7.71. The van der Waals surface area contributed by atoms with Gasteiger partial charge < -0.3 is 19.4 Å². The molecule has 0 spiro atoms. The van der Waals surface area contributed by atoms with E-state index < -0.39 is 0 Å². The van der Waals surface area contributed by atoms with Crippen molar-refractivity contribution in [3.05, 3.63) is 65.1 Å². The summed E-state index contributed by atoms with van der Waals surface area (Å²) >= 11 is 0. The van der Waals surface area contributed by atoms with Crippen molar-refractivity contribution in [3.8, 4) is 0 Å². The second-order valence-corrected chi connectivity index (χ2v) is 10.4. The summed E-state index contributed by atoms with van der Waals surface area (Å²) in [6, 6.07) is 10.1. The van der Waals surface area contributed by atoms with Crippen LogP contribution in [-0.2, 0) is 20.9 Å². The largest absolute Gasteiger partial charge is 0.460 e. The summed E-state index contributed by atoms with van der Waals surface area (Å²) in [5.74, 6) is 1.73. The molecule has 0 radical (unpaired) electrons. The van der Waals surface area contributed by atoms with Gasteiger partial charge in [0.25, 0.3) is 0 Å². The Hall–Kier alpha value is -3.53. The van der Waals surface area contributed by atoms with Gasteiger partial charge in [0.1, 0.15) is 17.2 Å². The molecule has 2 fully saturated rings. The highest BCUT2D eigenvalue weighted by Gasteiger charge is 2.34. The summed E-state index contributed by atoms with van der Waals surface area (Å²) in [4.78, 5) is 36.1. The molecule has 0 bridgehead atoms. The molecule has 0 aliphatic carbocycles. The third kappa shape index (κ3) is 5.22. The SMILES string of the molecule is Cc1c(C2CN(C(=O)/C=C/c3cnc4c(c3)CN(CCN3CCOCC3)CC(=O)N4)C2)oc2ccccc12. The number of pyridine rings is 1. The van der Waals surface area contributed by atoms with Gasteiger partial charge in [-0.1, -0.05) is 18.2 Å². The Morgan fingerprint density at radius 3 is 2.74 bits per heavy atom. The molecule has 1 N–H and O–H groups in total. The van der Waals surface area contributed by atoms with Crippen LogP contribution in [0.3, 0.4) is 0 Å². The quantitative estimate of drug-likeness (QED) is 0.505. The molecule has 3 aromatic rings. The van der Waals surface area contributed by atoms with E-state index in [0.717, 1.165) is 72.8 Å². The number of aromatic nitrogens is 1. The minimum atomic E-state index is -0.0521. The molecule has 3 aliphatic rings. The number of hydrogen-bond acceptors (Lipinski definition) is 7. The van der Waals surface area contributed by atoms with E-state index in [9.17, 15) is 9.59 Å². The average Bonchev–Trinajstić information content (AvgIpc) is 3.13. The monoisotopic (exact) mass is 515 g/mol. The van der Waals surface area contributed by atoms with Crippen molar-refractivity contribution in [3.63, 3.8) is 0 Å². The minimum Gasteiger partial charge on any atom is -0.460 e. The molecule has 9 nitrogen and oxygen atoms in total. The zero-order valence-electron chi connectivity index (χ0n) is 21.7. The first kappa shape index (κ1) is 24.8. The van der Waals surface area contributed by atoms with Gasteiger partial charge in [-0.3, -0.25) is 19.4 Å². The van der Waals surface area contributed by atoms with Crippen molar-refractivity contribution in [2.45, 2.75) is 19.4 Å². The second kappa shape index (κ2) is 10.7. The summed E-state index contributed by atoms with van der Waals surface area (Å²) in [6.45, 7) is 9.43. The number of fused-ring (bicyclic) bond motifs is 2. The first-order chi connectivity index (χ1) is 18.5. The number of amides is 2. The number of anilines is 1. The van der Waals surface area contributed by atoms with Crippen LogP contribution in [0.15, 0.2) is 47.0 Å². The van der Waals surface area contributed by atoms with Crippen LogP contribution < -0.4 is 5.32 Å². The fourth-order valence-electron chi connectivity index (χ4n) is 5.47. The van der Waals surface area contributed by atoms with E-state index in [-0.39, 0.29) is 17.7 Å². The Morgan fingerprint density at radius 2 is 1.92 bits per heavy atom. The molecule has 198 valence electrons. The van der Waals surface area contributed by atoms with Crippen LogP contribution in [0.2, 0.25) is 0 Å². The fourth-order valence-corrected chi connectivity index (χ4v) is 5.47. The van der Waals surface area contributed by atoms with Crippen LogP contribution in [0, 0.1) is 6.92 Å². The lowest BCUT2D eigenvalue weighted by Gasteiger charge is -2.37. The van der Waals surface area contributed by atoms with E-state index in [0.29, 0.717) is 32.0 Å². The van der Waals surface area contributed by atoms with Gasteiger partial charge in [-0.15, -0.1) is 0 Å². The lowest BCUT2D eigenvalue weighted by atomic mass is 9.94. The van der Waals surface area contributed by atoms with Gasteiger partial charge in [-0.2, -0.15) is 0 Å². The zero-order valence-corrected chi connectivity index (χ0v) is 21.7. The molecule has 1 aromatic carbocycles. The van der Waals surface area contributed by atoms with Gasteiger partial charge in [0.15, 0.2) is 0 Å². The highest BCUT2D eigenvalue weighted by molar-refractivity contribution is 5.94. The van der Waals surface area contributed by atoms with Gasteiger partial charge in [0, 0.05) is 69.0 Å². The third-order valence-electron chi connectivity index (χ3n) is 7.71. The highest BCUT2D eigenvalue weighted by atomic mass is 16.5. The maximum atomic E-state index is 12.8. The number of nitrogens with one attached hydrogen (secondary N) is 1. The Morgan fingerprint density at radius 1 is 1.13 bits per heavy atom. The first-order valence-corrected chi connectivity index (χ1v) is 13.3. The molecule has 0 unspecified atom stereocenters. The van der Waals surface area contributed by atoms with E-state index in [4.69, 9.17) is 9.15 Å². The summed E-state index contributed by atoms with van der Waals surface area (Å²) in [6.07, 6.45) is 5.11. The van der Waals surface area contributed by atoms with Gasteiger partial charge >= 0.3 is 0 Å². The summed E-state index contributed by atoms with van der Waals surface area (Å²) in [7, 11) is 0. The predicted molar refractivity (Wildman–Crippen MR) is 145 cm³/mol. The number of aryl methyl sites for hydroxylation is 1. The summed E-state index contributed by atoms with van der Waals surface area (Å²) in [5, 5.41) is 4.06. The number of para-hydroxylation sites is 1. The number of ether oxygens (including phenoxy) is 1. The Labute approximate surface area is 222 Å². The molecular formula is C29H33N5O4. The van der Waals surface area contributed by atoms with Crippen molar-refractivity contribution in [2.75, 3.05) is 64.3 Å². The molecule has 0 saturated carbocycles. The number of carbonyl (C=O) groups excluding carboxylic acids is 2. The molecule has 2 saturated heterocycles. The van der Waals surface area contributed by atoms with Crippen LogP contribution in [0.25, 0.3) is 17.0 Å². The number of nitrogens with zero attached hydrogens (tertiary/aromatic N) is 4. The summed E-state index contributed by atoms with van der Waals surface area (Å²) in [5.41, 5.74) is 3.86. The van der Waals surface area contributed by atoms with Gasteiger partial charge in [-0.25, -0.2) is 4.98 Å². The van der Waals surface area contributed by atoms with Gasteiger partial charge in [0.2, 0.25) is 11.8 Å². The van der Waals surface area contributed by atoms with E-state index >= 15 is 0 Å². The topological polar surface area (TPSA) is 91.2 Å². The predicted octanol–water partition coefficient (Wildman–Crippen LogP) is 2.86. The van der Waals surface area contributed by atoms with Crippen molar-refractivity contribution in [1.82, 2.24) is 19.7 Å². The van der Waals surface area contributed by atoms with Crippen LogP contribution in [-0.4, -0.2) is 90.5 Å². The van der Waals surface area contributed by atoms with E-state index in [1.54, 1.807) is 18.3 Å². The second-order valence-electron chi connectivity index (χ2n) is 10.4. The van der Waals surface area contributed by atoms with Gasteiger partial charge in [0.05, 0.1) is 25.7 Å². The average molecular weight is 516 g/mol. The number of hydrogen-bond donors (Lipinski definition) is 1. The molecule has 2 amide bonds. The Kier molecular flexibility index (Phi) is 6.97. The Bertz CT molecular complexity index is 1370. The number of carbonyl (C=O) groups is 2. The maximum absolute atomic E-state index is 12.8. The van der Waals surface area contributed by atoms with Crippen molar-refractivity contribution in [1.29, 1.82) is 0 Å². The first-order valence-electron chi connectivity index (χ1n) is 13.3. The molecule has 38 heavy (non-hydrogen) atoms. The van der Waals surface area contributed by atoms with Crippen molar-refractivity contribution >= 4 is 34.7 Å². The maximum Gasteiger partial charge on any atom is 0.246 e. The minimum absolute atomic E-state index is 0.0228. The molecule has 5 heterocycles. The molecule has 3 aliphatic heterocycles. The van der Waals surface area contributed by atoms with E-state index in [1.165, 1.54) is 0 Å². The number of morpholine rings is 1. The van der Waals surface area contributed by atoms with Crippen LogP contribution in [0.4, 0.5) is 5.82 Å². The van der Waals surface area contributed by atoms with E-state index in [1.807, 2.05) is 29.2 Å². The molecule has 6 rings (SSSR count). The molecule has 9 heteroatoms. The summed E-state index contributed by atoms with van der Waals surface area (Å²) < 4.78 is 11.5. The standard InChI is InChI=1S/C29H33N5O4/c1-20-24-4-2-3-5-25(24)38-28(20)23-17-34(18-23)27(36)7-6-21-14-22-16-33(9-8-32-10-12-37-13-11-32)19-26(35)31-29(22)30-15-21/h2-7,14-15,23H,8-13,16-19H2,1H3,(H,30,31,35)/b7-6+. The van der Waals surface area contributed by atoms with Crippen LogP contribution in [0.5, 0.6) is 0 Å². The lowest BCUT2D eigenvalue weighted by Crippen LogP contribution is -2.47. The number of furan rings is 1. The van der Waals surface area contributed by atoms with Crippen LogP contribution in [0.1, 0.15) is 28.4 Å². The Balaban J connectivity index is 1.07. The molecule has 2 aromatic heterocycles. The molecular weight excluding hydrogens is 482 g/mol. The van der Waals surface area contributed by atoms with Crippen molar-refractivity contribution < 1.29 is 18.7 Å². The number of rotatable bonds is 6. The zero-order chi connectivity index (χ0) is 26.1. The number of likely N-dealkylation sites (tertiary alicyclic amines) is 1. The lowest BCUT2D eigenvalue weighted by molar-refractivity contribution is -0.130. The highest BCUT2D eigenvalue weighted by Crippen LogP contribution is 2.35. The van der Waals surface area contributed by atoms with Crippen molar-refractivity contribution in [2.24, 2.45) is 0 Å². The smallest absolute Gasteiger partial charge is 0.246 e. The van der Waals surface area contributed by atoms with Gasteiger partial charge in [-0.05, 0) is 36.3 Å². The fraction of sp³-hybridized carbons (Fsp3) is 0.414.